The highest BCUT2D eigenvalue weighted by Gasteiger charge is 2.38. The van der Waals surface area contributed by atoms with E-state index in [0.717, 1.165) is 17.9 Å². The van der Waals surface area contributed by atoms with Crippen molar-refractivity contribution in [3.8, 4) is 0 Å². The topological polar surface area (TPSA) is 12.0 Å². The van der Waals surface area contributed by atoms with E-state index in [2.05, 4.69) is 12.2 Å². The van der Waals surface area contributed by atoms with Crippen molar-refractivity contribution >= 4 is 0 Å². The maximum Gasteiger partial charge on any atom is 0.00980 e. The SMILES string of the molecule is CCCCCNC1CC2CCC1C2. The Labute approximate surface area is 82.3 Å². The van der Waals surface area contributed by atoms with E-state index in [9.17, 15) is 0 Å². The molecule has 2 aliphatic carbocycles. The predicted octanol–water partition coefficient (Wildman–Crippen LogP) is 2.95. The monoisotopic (exact) mass is 181 g/mol. The number of hydrogen-bond acceptors (Lipinski definition) is 1. The van der Waals surface area contributed by atoms with E-state index in [-0.39, 0.29) is 0 Å². The largest absolute Gasteiger partial charge is 0.314 e. The van der Waals surface area contributed by atoms with Crippen molar-refractivity contribution in [2.45, 2.75) is 57.9 Å². The van der Waals surface area contributed by atoms with Crippen molar-refractivity contribution in [1.82, 2.24) is 5.32 Å². The summed E-state index contributed by atoms with van der Waals surface area (Å²) < 4.78 is 0. The quantitative estimate of drug-likeness (QED) is 0.643. The Bertz CT molecular complexity index is 155. The first kappa shape index (κ1) is 9.51. The number of unbranched alkanes of at least 4 members (excludes halogenated alkanes) is 2. The third-order valence-corrected chi connectivity index (χ3v) is 3.92. The van der Waals surface area contributed by atoms with Crippen LogP contribution in [0.25, 0.3) is 0 Å². The van der Waals surface area contributed by atoms with Crippen LogP contribution in [0, 0.1) is 11.8 Å². The van der Waals surface area contributed by atoms with Gasteiger partial charge >= 0.3 is 0 Å². The molecule has 2 rings (SSSR count). The molecule has 0 aromatic rings. The van der Waals surface area contributed by atoms with Crippen molar-refractivity contribution < 1.29 is 0 Å². The summed E-state index contributed by atoms with van der Waals surface area (Å²) >= 11 is 0. The van der Waals surface area contributed by atoms with E-state index in [0.29, 0.717) is 0 Å². The zero-order valence-electron chi connectivity index (χ0n) is 8.89. The lowest BCUT2D eigenvalue weighted by Gasteiger charge is -2.22. The number of nitrogens with one attached hydrogen (secondary N) is 1. The second-order valence-corrected chi connectivity index (χ2v) is 4.94. The zero-order chi connectivity index (χ0) is 9.10. The lowest BCUT2D eigenvalue weighted by Crippen LogP contribution is -2.34. The molecule has 1 N–H and O–H groups in total. The smallest absolute Gasteiger partial charge is 0.00980 e. The average molecular weight is 181 g/mol. The van der Waals surface area contributed by atoms with Gasteiger partial charge in [0.1, 0.15) is 0 Å². The van der Waals surface area contributed by atoms with Gasteiger partial charge in [0.25, 0.3) is 0 Å². The van der Waals surface area contributed by atoms with E-state index in [1.54, 1.807) is 0 Å². The van der Waals surface area contributed by atoms with Crippen LogP contribution in [-0.4, -0.2) is 12.6 Å². The summed E-state index contributed by atoms with van der Waals surface area (Å²) in [5.74, 6) is 2.14. The van der Waals surface area contributed by atoms with Crippen molar-refractivity contribution in [2.24, 2.45) is 11.8 Å². The number of hydrogen-bond donors (Lipinski definition) is 1. The third-order valence-electron chi connectivity index (χ3n) is 3.92. The van der Waals surface area contributed by atoms with Crippen molar-refractivity contribution in [2.75, 3.05) is 6.54 Å². The number of rotatable bonds is 5. The Kier molecular flexibility index (Phi) is 3.26. The van der Waals surface area contributed by atoms with E-state index >= 15 is 0 Å². The minimum Gasteiger partial charge on any atom is -0.314 e. The van der Waals surface area contributed by atoms with Crippen LogP contribution in [0.4, 0.5) is 0 Å². The van der Waals surface area contributed by atoms with E-state index < -0.39 is 0 Å². The lowest BCUT2D eigenvalue weighted by molar-refractivity contribution is 0.349. The Morgan fingerprint density at radius 2 is 2.08 bits per heavy atom. The van der Waals surface area contributed by atoms with E-state index in [4.69, 9.17) is 0 Å². The maximum absolute atomic E-state index is 3.75. The molecule has 1 nitrogen and oxygen atoms in total. The highest BCUT2D eigenvalue weighted by Crippen LogP contribution is 2.44. The van der Waals surface area contributed by atoms with Crippen LogP contribution in [0.3, 0.4) is 0 Å². The third kappa shape index (κ3) is 2.25. The summed E-state index contributed by atoms with van der Waals surface area (Å²) in [7, 11) is 0. The lowest BCUT2D eigenvalue weighted by atomic mass is 9.95. The van der Waals surface area contributed by atoms with Gasteiger partial charge < -0.3 is 5.32 Å². The first-order chi connectivity index (χ1) is 6.40. The number of fused-ring (bicyclic) bond motifs is 2. The first-order valence-electron chi connectivity index (χ1n) is 6.13. The van der Waals surface area contributed by atoms with Crippen LogP contribution in [-0.2, 0) is 0 Å². The van der Waals surface area contributed by atoms with Gasteiger partial charge in [-0.1, -0.05) is 26.2 Å². The molecular formula is C12H23N. The summed E-state index contributed by atoms with van der Waals surface area (Å²) in [4.78, 5) is 0. The molecule has 0 radical (unpaired) electrons. The van der Waals surface area contributed by atoms with Crippen molar-refractivity contribution in [3.05, 3.63) is 0 Å². The maximum atomic E-state index is 3.75. The Morgan fingerprint density at radius 1 is 1.15 bits per heavy atom. The predicted molar refractivity (Wildman–Crippen MR) is 56.8 cm³/mol. The fourth-order valence-corrected chi connectivity index (χ4v) is 3.16. The summed E-state index contributed by atoms with van der Waals surface area (Å²) in [6, 6.07) is 0.899. The van der Waals surface area contributed by atoms with Crippen LogP contribution >= 0.6 is 0 Å². The second kappa shape index (κ2) is 4.45. The van der Waals surface area contributed by atoms with Gasteiger partial charge in [0, 0.05) is 6.04 Å². The highest BCUT2D eigenvalue weighted by molar-refractivity contribution is 4.93. The molecule has 2 bridgehead atoms. The van der Waals surface area contributed by atoms with E-state index in [1.807, 2.05) is 0 Å². The summed E-state index contributed by atoms with van der Waals surface area (Å²) in [6.45, 7) is 3.54. The van der Waals surface area contributed by atoms with Crippen LogP contribution in [0.2, 0.25) is 0 Å². The standard InChI is InChI=1S/C12H23N/c1-2-3-4-7-13-12-9-10-5-6-11(12)8-10/h10-13H,2-9H2,1H3. The molecular weight excluding hydrogens is 158 g/mol. The molecule has 3 atom stereocenters. The van der Waals surface area contributed by atoms with Crippen LogP contribution < -0.4 is 5.32 Å². The Morgan fingerprint density at radius 3 is 2.69 bits per heavy atom. The van der Waals surface area contributed by atoms with Gasteiger partial charge in [0.15, 0.2) is 0 Å². The Balaban J connectivity index is 1.60. The van der Waals surface area contributed by atoms with Crippen LogP contribution in [0.15, 0.2) is 0 Å². The summed E-state index contributed by atoms with van der Waals surface area (Å²) in [6.07, 6.45) is 10.2. The van der Waals surface area contributed by atoms with Gasteiger partial charge in [0.2, 0.25) is 0 Å². The first-order valence-corrected chi connectivity index (χ1v) is 6.13. The van der Waals surface area contributed by atoms with Crippen molar-refractivity contribution in [1.29, 1.82) is 0 Å². The van der Waals surface area contributed by atoms with Gasteiger partial charge in [-0.25, -0.2) is 0 Å². The molecule has 76 valence electrons. The van der Waals surface area contributed by atoms with Gasteiger partial charge in [-0.05, 0) is 44.1 Å². The molecule has 0 aliphatic heterocycles. The molecule has 2 aliphatic rings. The molecule has 13 heavy (non-hydrogen) atoms. The summed E-state index contributed by atoms with van der Waals surface area (Å²) in [5.41, 5.74) is 0. The zero-order valence-corrected chi connectivity index (χ0v) is 8.89. The molecule has 0 spiro atoms. The second-order valence-electron chi connectivity index (χ2n) is 4.94. The molecule has 1 heteroatoms. The van der Waals surface area contributed by atoms with Gasteiger partial charge in [-0.2, -0.15) is 0 Å². The Hall–Kier alpha value is -0.0400. The van der Waals surface area contributed by atoms with Crippen LogP contribution in [0.5, 0.6) is 0 Å². The summed E-state index contributed by atoms with van der Waals surface area (Å²) in [5, 5.41) is 3.75. The van der Waals surface area contributed by atoms with Gasteiger partial charge in [-0.15, -0.1) is 0 Å². The minimum absolute atomic E-state index is 0.899. The highest BCUT2D eigenvalue weighted by atomic mass is 14.9. The molecule has 0 aromatic carbocycles. The molecule has 3 unspecified atom stereocenters. The van der Waals surface area contributed by atoms with Gasteiger partial charge in [0.05, 0.1) is 0 Å². The molecule has 0 heterocycles. The molecule has 0 amide bonds. The fourth-order valence-electron chi connectivity index (χ4n) is 3.16. The molecule has 0 saturated heterocycles. The van der Waals surface area contributed by atoms with Gasteiger partial charge in [-0.3, -0.25) is 0 Å². The molecule has 2 saturated carbocycles. The normalized spacial score (nSPS) is 37.2. The van der Waals surface area contributed by atoms with Crippen molar-refractivity contribution in [3.63, 3.8) is 0 Å². The van der Waals surface area contributed by atoms with E-state index in [1.165, 1.54) is 51.5 Å². The fraction of sp³-hybridized carbons (Fsp3) is 1.00. The molecule has 0 aromatic heterocycles. The minimum atomic E-state index is 0.899. The van der Waals surface area contributed by atoms with Crippen LogP contribution in [0.1, 0.15) is 51.9 Å². The molecule has 2 fully saturated rings. The average Bonchev–Trinajstić information content (AvgIpc) is 2.73.